The second-order valence-electron chi connectivity index (χ2n) is 6.66. The van der Waals surface area contributed by atoms with Crippen LogP contribution in [0.1, 0.15) is 40.9 Å². The zero-order valence-electron chi connectivity index (χ0n) is 13.9. The molecule has 2 aromatic rings. The standard InChI is InChI=1S/C17H21N3O3S/c1-10-13-15(18-9-19(2)16(13)21)24-14(10)17(22)20-7-8-23-12-6-4-3-5-11(12)20/h9,11-12H,3-8H2,1-2H3. The van der Waals surface area contributed by atoms with Crippen molar-refractivity contribution in [1.82, 2.24) is 14.5 Å². The molecule has 2 fully saturated rings. The predicted molar refractivity (Wildman–Crippen MR) is 92.6 cm³/mol. The van der Waals surface area contributed by atoms with E-state index in [4.69, 9.17) is 4.74 Å². The first-order valence-corrected chi connectivity index (χ1v) is 9.27. The first-order chi connectivity index (χ1) is 11.6. The number of carbonyl (C=O) groups is 1. The highest BCUT2D eigenvalue weighted by molar-refractivity contribution is 7.20. The number of rotatable bonds is 1. The topological polar surface area (TPSA) is 64.4 Å². The number of thiophene rings is 1. The van der Waals surface area contributed by atoms with Crippen LogP contribution in [-0.4, -0.2) is 45.7 Å². The Labute approximate surface area is 144 Å². The Balaban J connectivity index is 1.74. The Hall–Kier alpha value is -1.73. The van der Waals surface area contributed by atoms with Gasteiger partial charge in [0.1, 0.15) is 4.83 Å². The van der Waals surface area contributed by atoms with E-state index in [1.165, 1.54) is 28.7 Å². The maximum Gasteiger partial charge on any atom is 0.264 e. The molecule has 0 N–H and O–H groups in total. The third-order valence-corrected chi connectivity index (χ3v) is 6.39. The second kappa shape index (κ2) is 5.97. The predicted octanol–water partition coefficient (Wildman–Crippen LogP) is 2.09. The molecule has 0 spiro atoms. The maximum atomic E-state index is 13.2. The fourth-order valence-electron chi connectivity index (χ4n) is 3.89. The summed E-state index contributed by atoms with van der Waals surface area (Å²) in [7, 11) is 1.68. The molecule has 0 aromatic carbocycles. The van der Waals surface area contributed by atoms with E-state index in [2.05, 4.69) is 4.98 Å². The minimum absolute atomic E-state index is 0.0257. The molecule has 1 amide bonds. The van der Waals surface area contributed by atoms with E-state index in [1.807, 2.05) is 11.8 Å². The van der Waals surface area contributed by atoms with Crippen LogP contribution in [0.4, 0.5) is 0 Å². The van der Waals surface area contributed by atoms with E-state index in [-0.39, 0.29) is 23.6 Å². The lowest BCUT2D eigenvalue weighted by atomic mass is 9.90. The number of nitrogens with zero attached hydrogens (tertiary/aromatic N) is 3. The summed E-state index contributed by atoms with van der Waals surface area (Å²) in [6.45, 7) is 3.07. The molecule has 1 saturated carbocycles. The fraction of sp³-hybridized carbons (Fsp3) is 0.588. The van der Waals surface area contributed by atoms with Crippen molar-refractivity contribution in [1.29, 1.82) is 0 Å². The summed E-state index contributed by atoms with van der Waals surface area (Å²) < 4.78 is 7.33. The minimum Gasteiger partial charge on any atom is -0.374 e. The lowest BCUT2D eigenvalue weighted by Gasteiger charge is -2.43. The van der Waals surface area contributed by atoms with Crippen LogP contribution in [0.25, 0.3) is 10.2 Å². The van der Waals surface area contributed by atoms with Gasteiger partial charge in [-0.05, 0) is 25.3 Å². The van der Waals surface area contributed by atoms with E-state index >= 15 is 0 Å². The fourth-order valence-corrected chi connectivity index (χ4v) is 4.99. The lowest BCUT2D eigenvalue weighted by Crippen LogP contribution is -2.54. The van der Waals surface area contributed by atoms with Crippen molar-refractivity contribution in [2.24, 2.45) is 7.05 Å². The number of morpholine rings is 1. The molecule has 0 radical (unpaired) electrons. The number of fused-ring (bicyclic) bond motifs is 2. The molecule has 2 aliphatic rings. The van der Waals surface area contributed by atoms with E-state index in [9.17, 15) is 9.59 Å². The third-order valence-electron chi connectivity index (χ3n) is 5.20. The molecule has 24 heavy (non-hydrogen) atoms. The SMILES string of the molecule is Cc1c(C(=O)N2CCOC3CCCCC32)sc2ncn(C)c(=O)c12. The van der Waals surface area contributed by atoms with Crippen molar-refractivity contribution in [2.45, 2.75) is 44.8 Å². The zero-order valence-corrected chi connectivity index (χ0v) is 14.8. The summed E-state index contributed by atoms with van der Waals surface area (Å²) in [6.07, 6.45) is 6.02. The van der Waals surface area contributed by atoms with Gasteiger partial charge in [0.25, 0.3) is 11.5 Å². The zero-order chi connectivity index (χ0) is 16.8. The van der Waals surface area contributed by atoms with Gasteiger partial charge >= 0.3 is 0 Å². The average Bonchev–Trinajstić information content (AvgIpc) is 2.94. The van der Waals surface area contributed by atoms with Crippen molar-refractivity contribution in [3.8, 4) is 0 Å². The quantitative estimate of drug-likeness (QED) is 0.792. The molecule has 7 heteroatoms. The van der Waals surface area contributed by atoms with Crippen LogP contribution in [0.3, 0.4) is 0 Å². The van der Waals surface area contributed by atoms with Gasteiger partial charge in [0.15, 0.2) is 0 Å². The Morgan fingerprint density at radius 2 is 2.17 bits per heavy atom. The molecule has 0 bridgehead atoms. The van der Waals surface area contributed by atoms with Crippen LogP contribution in [0.2, 0.25) is 0 Å². The van der Waals surface area contributed by atoms with Crippen molar-refractivity contribution in [3.05, 3.63) is 27.1 Å². The molecule has 1 aliphatic carbocycles. The molecule has 3 heterocycles. The monoisotopic (exact) mass is 347 g/mol. The molecular weight excluding hydrogens is 326 g/mol. The van der Waals surface area contributed by atoms with E-state index in [1.54, 1.807) is 7.05 Å². The van der Waals surface area contributed by atoms with Gasteiger partial charge in [0.05, 0.1) is 35.3 Å². The molecule has 1 saturated heterocycles. The molecule has 2 aromatic heterocycles. The van der Waals surface area contributed by atoms with Crippen molar-refractivity contribution in [2.75, 3.05) is 13.2 Å². The van der Waals surface area contributed by atoms with Gasteiger partial charge in [0.2, 0.25) is 0 Å². The lowest BCUT2D eigenvalue weighted by molar-refractivity contribution is -0.0751. The second-order valence-corrected chi connectivity index (χ2v) is 7.66. The van der Waals surface area contributed by atoms with E-state index in [0.717, 1.165) is 24.8 Å². The summed E-state index contributed by atoms with van der Waals surface area (Å²) in [5.74, 6) is 0.0257. The number of ether oxygens (including phenoxy) is 1. The number of hydrogen-bond acceptors (Lipinski definition) is 5. The highest BCUT2D eigenvalue weighted by atomic mass is 32.1. The molecule has 2 atom stereocenters. The summed E-state index contributed by atoms with van der Waals surface area (Å²) in [5.41, 5.74) is 0.665. The number of amides is 1. The van der Waals surface area contributed by atoms with Crippen LogP contribution in [0.5, 0.6) is 0 Å². The highest BCUT2D eigenvalue weighted by Gasteiger charge is 2.38. The third kappa shape index (κ3) is 2.38. The van der Waals surface area contributed by atoms with Gasteiger partial charge in [0, 0.05) is 13.6 Å². The van der Waals surface area contributed by atoms with Gasteiger partial charge < -0.3 is 14.2 Å². The smallest absolute Gasteiger partial charge is 0.264 e. The van der Waals surface area contributed by atoms with Gasteiger partial charge in [-0.1, -0.05) is 12.8 Å². The Kier molecular flexibility index (Phi) is 3.92. The van der Waals surface area contributed by atoms with Gasteiger partial charge in [-0.2, -0.15) is 0 Å². The number of carbonyl (C=O) groups excluding carboxylic acids is 1. The van der Waals surface area contributed by atoms with Crippen molar-refractivity contribution in [3.63, 3.8) is 0 Å². The first-order valence-electron chi connectivity index (χ1n) is 8.45. The number of aromatic nitrogens is 2. The summed E-state index contributed by atoms with van der Waals surface area (Å²) in [6, 6.07) is 0.167. The van der Waals surface area contributed by atoms with Gasteiger partial charge in [-0.25, -0.2) is 4.98 Å². The number of hydrogen-bond donors (Lipinski definition) is 0. The summed E-state index contributed by atoms with van der Waals surface area (Å²) in [4.78, 5) is 33.1. The van der Waals surface area contributed by atoms with Gasteiger partial charge in [-0.3, -0.25) is 9.59 Å². The number of aryl methyl sites for hydroxylation is 2. The Bertz CT molecular complexity index is 855. The minimum atomic E-state index is -0.0923. The molecule has 6 nitrogen and oxygen atoms in total. The summed E-state index contributed by atoms with van der Waals surface area (Å²) >= 11 is 1.33. The molecular formula is C17H21N3O3S. The Morgan fingerprint density at radius 1 is 1.38 bits per heavy atom. The molecule has 4 rings (SSSR count). The largest absolute Gasteiger partial charge is 0.374 e. The molecule has 128 valence electrons. The van der Waals surface area contributed by atoms with Crippen molar-refractivity contribution >= 4 is 27.5 Å². The first kappa shape index (κ1) is 15.8. The van der Waals surface area contributed by atoms with Gasteiger partial charge in [-0.15, -0.1) is 11.3 Å². The maximum absolute atomic E-state index is 13.2. The van der Waals surface area contributed by atoms with Crippen LogP contribution in [0.15, 0.2) is 11.1 Å². The Morgan fingerprint density at radius 3 is 3.00 bits per heavy atom. The molecule has 1 aliphatic heterocycles. The van der Waals surface area contributed by atoms with Crippen LogP contribution in [-0.2, 0) is 11.8 Å². The van der Waals surface area contributed by atoms with E-state index < -0.39 is 0 Å². The van der Waals surface area contributed by atoms with Crippen LogP contribution >= 0.6 is 11.3 Å². The van der Waals surface area contributed by atoms with Crippen LogP contribution < -0.4 is 5.56 Å². The summed E-state index contributed by atoms with van der Waals surface area (Å²) in [5, 5.41) is 0.571. The highest BCUT2D eigenvalue weighted by Crippen LogP contribution is 2.33. The van der Waals surface area contributed by atoms with Crippen LogP contribution in [0, 0.1) is 6.92 Å². The molecule has 2 unspecified atom stereocenters. The van der Waals surface area contributed by atoms with Crippen molar-refractivity contribution < 1.29 is 9.53 Å². The normalized spacial score (nSPS) is 24.2. The van der Waals surface area contributed by atoms with E-state index in [0.29, 0.717) is 28.2 Å². The average molecular weight is 347 g/mol.